The van der Waals surface area contributed by atoms with Gasteiger partial charge in [0.25, 0.3) is 11.5 Å². The molecule has 0 aliphatic carbocycles. The van der Waals surface area contributed by atoms with Crippen molar-refractivity contribution in [3.63, 3.8) is 0 Å². The number of aromatic nitrogens is 6. The predicted octanol–water partition coefficient (Wildman–Crippen LogP) is 4.39. The second-order valence-electron chi connectivity index (χ2n) is 8.77. The summed E-state index contributed by atoms with van der Waals surface area (Å²) in [7, 11) is 1.74. The summed E-state index contributed by atoms with van der Waals surface area (Å²) in [6.45, 7) is 2.83. The number of pyridine rings is 1. The predicted molar refractivity (Wildman–Crippen MR) is 140 cm³/mol. The highest BCUT2D eigenvalue weighted by Gasteiger charge is 2.23. The number of rotatable bonds is 6. The molecule has 2 aromatic carbocycles. The first-order valence-electron chi connectivity index (χ1n) is 11.9. The molecule has 0 fully saturated rings. The van der Waals surface area contributed by atoms with Crippen LogP contribution in [-0.4, -0.2) is 35.0 Å². The lowest BCUT2D eigenvalue weighted by Gasteiger charge is -2.09. The summed E-state index contributed by atoms with van der Waals surface area (Å²) in [5.41, 5.74) is 3.33. The Balaban J connectivity index is 1.53. The number of amides is 1. The standard InChI is InChI=1S/C27H23N7O3/c1-3-11-33-14-19(13-29-33)34-15-21(23-20-9-4-5-10-22(20)32(2)27(36)24(23)34)26(35)30-18-8-6-7-17(12-18)25-28-16-37-31-25/h4-10,12-16H,3,11H2,1-2H3,(H,30,35). The Morgan fingerprint density at radius 2 is 1.97 bits per heavy atom. The van der Waals surface area contributed by atoms with E-state index in [2.05, 4.69) is 27.5 Å². The molecule has 37 heavy (non-hydrogen) atoms. The van der Waals surface area contributed by atoms with E-state index in [-0.39, 0.29) is 11.5 Å². The topological polar surface area (TPSA) is 113 Å². The maximum Gasteiger partial charge on any atom is 0.275 e. The maximum atomic E-state index is 13.7. The van der Waals surface area contributed by atoms with Crippen molar-refractivity contribution < 1.29 is 9.32 Å². The highest BCUT2D eigenvalue weighted by Crippen LogP contribution is 2.30. The molecule has 0 unspecified atom stereocenters. The number of hydrogen-bond donors (Lipinski definition) is 1. The number of carbonyl (C=O) groups is 1. The Hall–Kier alpha value is -4.99. The Morgan fingerprint density at radius 3 is 2.78 bits per heavy atom. The number of nitrogens with zero attached hydrogens (tertiary/aromatic N) is 6. The van der Waals surface area contributed by atoms with Crippen LogP contribution in [0.25, 0.3) is 38.9 Å². The van der Waals surface area contributed by atoms with Crippen LogP contribution in [0.2, 0.25) is 0 Å². The van der Waals surface area contributed by atoms with E-state index in [4.69, 9.17) is 4.52 Å². The zero-order chi connectivity index (χ0) is 25.5. The highest BCUT2D eigenvalue weighted by atomic mass is 16.5. The minimum atomic E-state index is -0.339. The van der Waals surface area contributed by atoms with Crippen LogP contribution in [0.1, 0.15) is 23.7 Å². The maximum absolute atomic E-state index is 13.7. The van der Waals surface area contributed by atoms with Gasteiger partial charge < -0.3 is 19.0 Å². The van der Waals surface area contributed by atoms with Gasteiger partial charge in [0.2, 0.25) is 12.2 Å². The number of aryl methyl sites for hydroxylation is 2. The van der Waals surface area contributed by atoms with Gasteiger partial charge in [0, 0.05) is 48.0 Å². The third-order valence-electron chi connectivity index (χ3n) is 6.38. The van der Waals surface area contributed by atoms with Gasteiger partial charge in [-0.1, -0.05) is 42.4 Å². The van der Waals surface area contributed by atoms with Crippen molar-refractivity contribution in [2.24, 2.45) is 7.05 Å². The molecule has 0 aliphatic heterocycles. The van der Waals surface area contributed by atoms with Crippen molar-refractivity contribution in [3.05, 3.63) is 89.4 Å². The first-order valence-corrected chi connectivity index (χ1v) is 11.9. The summed E-state index contributed by atoms with van der Waals surface area (Å²) in [6, 6.07) is 14.8. The lowest BCUT2D eigenvalue weighted by molar-refractivity contribution is 0.102. The van der Waals surface area contributed by atoms with Crippen molar-refractivity contribution >= 4 is 33.4 Å². The van der Waals surface area contributed by atoms with Crippen molar-refractivity contribution in [1.29, 1.82) is 0 Å². The summed E-state index contributed by atoms with van der Waals surface area (Å²) in [5.74, 6) is 0.0830. The molecule has 6 rings (SSSR count). The van der Waals surface area contributed by atoms with Crippen LogP contribution in [0, 0.1) is 0 Å². The summed E-state index contributed by atoms with van der Waals surface area (Å²) in [4.78, 5) is 31.4. The lowest BCUT2D eigenvalue weighted by atomic mass is 10.1. The van der Waals surface area contributed by atoms with Gasteiger partial charge in [-0.15, -0.1) is 0 Å². The van der Waals surface area contributed by atoms with Crippen LogP contribution >= 0.6 is 0 Å². The molecule has 0 atom stereocenters. The molecule has 0 bridgehead atoms. The van der Waals surface area contributed by atoms with Crippen LogP contribution in [0.5, 0.6) is 0 Å². The van der Waals surface area contributed by atoms with E-state index in [9.17, 15) is 9.59 Å². The minimum Gasteiger partial charge on any atom is -0.342 e. The lowest BCUT2D eigenvalue weighted by Crippen LogP contribution is -2.19. The number of carbonyl (C=O) groups excluding carboxylic acids is 1. The van der Waals surface area contributed by atoms with Gasteiger partial charge >= 0.3 is 0 Å². The molecule has 0 saturated carbocycles. The molecule has 0 saturated heterocycles. The molecule has 4 heterocycles. The fourth-order valence-corrected chi connectivity index (χ4v) is 4.67. The molecule has 10 nitrogen and oxygen atoms in total. The average Bonchev–Trinajstić information content (AvgIpc) is 3.68. The molecular formula is C27H23N7O3. The Morgan fingerprint density at radius 1 is 1.11 bits per heavy atom. The van der Waals surface area contributed by atoms with Crippen LogP contribution in [0.3, 0.4) is 0 Å². The van der Waals surface area contributed by atoms with Crippen molar-refractivity contribution in [3.8, 4) is 17.1 Å². The van der Waals surface area contributed by atoms with E-state index in [1.807, 2.05) is 41.2 Å². The zero-order valence-electron chi connectivity index (χ0n) is 20.3. The molecule has 184 valence electrons. The van der Waals surface area contributed by atoms with Crippen molar-refractivity contribution in [2.45, 2.75) is 19.9 Å². The summed E-state index contributed by atoms with van der Waals surface area (Å²) in [6.07, 6.45) is 7.48. The molecule has 10 heteroatoms. The van der Waals surface area contributed by atoms with E-state index in [0.717, 1.165) is 23.9 Å². The second-order valence-corrected chi connectivity index (χ2v) is 8.77. The van der Waals surface area contributed by atoms with Gasteiger partial charge in [0.05, 0.1) is 23.0 Å². The summed E-state index contributed by atoms with van der Waals surface area (Å²) >= 11 is 0. The molecule has 1 amide bonds. The number of benzene rings is 2. The van der Waals surface area contributed by atoms with E-state index in [1.54, 1.807) is 46.8 Å². The first kappa shape index (κ1) is 22.5. The number of para-hydroxylation sites is 1. The SMILES string of the molecule is CCCn1cc(-n2cc(C(=O)Nc3cccc(-c4ncon4)c3)c3c4ccccc4n(C)c(=O)c32)cn1. The van der Waals surface area contributed by atoms with Crippen molar-refractivity contribution in [1.82, 2.24) is 29.1 Å². The number of hydrogen-bond acceptors (Lipinski definition) is 6. The van der Waals surface area contributed by atoms with E-state index in [1.165, 1.54) is 6.39 Å². The zero-order valence-corrected chi connectivity index (χ0v) is 20.3. The monoisotopic (exact) mass is 493 g/mol. The van der Waals surface area contributed by atoms with Crippen LogP contribution in [0.4, 0.5) is 5.69 Å². The van der Waals surface area contributed by atoms with Crippen molar-refractivity contribution in [2.75, 3.05) is 5.32 Å². The van der Waals surface area contributed by atoms with Gasteiger partial charge in [0.1, 0.15) is 5.52 Å². The molecule has 6 aromatic rings. The molecule has 4 aromatic heterocycles. The van der Waals surface area contributed by atoms with Gasteiger partial charge in [-0.3, -0.25) is 14.3 Å². The normalized spacial score (nSPS) is 11.4. The Bertz CT molecular complexity index is 1830. The van der Waals surface area contributed by atoms with E-state index in [0.29, 0.717) is 39.2 Å². The average molecular weight is 494 g/mol. The number of anilines is 1. The van der Waals surface area contributed by atoms with Crippen LogP contribution in [0.15, 0.2) is 82.8 Å². The third-order valence-corrected chi connectivity index (χ3v) is 6.38. The quantitative estimate of drug-likeness (QED) is 0.368. The number of fused-ring (bicyclic) bond motifs is 3. The highest BCUT2D eigenvalue weighted by molar-refractivity contribution is 6.20. The minimum absolute atomic E-state index is 0.199. The molecule has 0 aliphatic rings. The molecule has 0 radical (unpaired) electrons. The molecule has 1 N–H and O–H groups in total. The summed E-state index contributed by atoms with van der Waals surface area (Å²) < 4.78 is 10.0. The number of nitrogens with one attached hydrogen (secondary N) is 1. The Labute approximate surface area is 210 Å². The van der Waals surface area contributed by atoms with Gasteiger partial charge in [-0.2, -0.15) is 10.1 Å². The fraction of sp³-hybridized carbons (Fsp3) is 0.148. The second kappa shape index (κ2) is 8.90. The van der Waals surface area contributed by atoms with Gasteiger partial charge in [0.15, 0.2) is 0 Å². The smallest absolute Gasteiger partial charge is 0.275 e. The summed E-state index contributed by atoms with van der Waals surface area (Å²) in [5, 5.41) is 12.7. The van der Waals surface area contributed by atoms with Gasteiger partial charge in [-0.05, 0) is 24.6 Å². The first-order chi connectivity index (χ1) is 18.0. The van der Waals surface area contributed by atoms with Crippen LogP contribution < -0.4 is 10.9 Å². The fourth-order valence-electron chi connectivity index (χ4n) is 4.67. The van der Waals surface area contributed by atoms with E-state index < -0.39 is 0 Å². The molecular weight excluding hydrogens is 470 g/mol. The van der Waals surface area contributed by atoms with E-state index >= 15 is 0 Å². The third kappa shape index (κ3) is 3.79. The van der Waals surface area contributed by atoms with Gasteiger partial charge in [-0.25, -0.2) is 0 Å². The largest absolute Gasteiger partial charge is 0.342 e. The Kier molecular flexibility index (Phi) is 5.41. The molecule has 0 spiro atoms. The van der Waals surface area contributed by atoms with Crippen LogP contribution in [-0.2, 0) is 13.6 Å².